The van der Waals surface area contributed by atoms with Crippen LogP contribution in [0.25, 0.3) is 4.13 Å². The molecule has 0 saturated heterocycles. The maximum Gasteiger partial charge on any atom is 0.480 e. The molecule has 29 heavy (non-hydrogen) atoms. The number of ether oxygens (including phenoxy) is 1. The lowest BCUT2D eigenvalue weighted by Gasteiger charge is -2.22. The summed E-state index contributed by atoms with van der Waals surface area (Å²) in [6.45, 7) is 4.49. The van der Waals surface area contributed by atoms with Gasteiger partial charge in [0.1, 0.15) is 12.4 Å². The lowest BCUT2D eigenvalue weighted by Crippen LogP contribution is -2.36. The van der Waals surface area contributed by atoms with Crippen molar-refractivity contribution in [3.63, 3.8) is 0 Å². The second-order valence-electron chi connectivity index (χ2n) is 5.75. The second-order valence-corrected chi connectivity index (χ2v) is 9.17. The van der Waals surface area contributed by atoms with Crippen molar-refractivity contribution in [3.05, 3.63) is 22.3 Å². The Kier molecular flexibility index (Phi) is 8.69. The van der Waals surface area contributed by atoms with Gasteiger partial charge in [-0.25, -0.2) is 30.8 Å². The Hall–Kier alpha value is -1.88. The smallest absolute Gasteiger partial charge is 0.456 e. The van der Waals surface area contributed by atoms with E-state index in [4.69, 9.17) is 4.74 Å². The van der Waals surface area contributed by atoms with Gasteiger partial charge in [-0.15, -0.1) is 0 Å². The van der Waals surface area contributed by atoms with Crippen molar-refractivity contribution in [2.75, 3.05) is 6.61 Å². The fraction of sp³-hybridized carbons (Fsp3) is 0.667. The predicted molar refractivity (Wildman–Crippen MR) is 85.0 cm³/mol. The van der Waals surface area contributed by atoms with Crippen molar-refractivity contribution < 1.29 is 57.3 Å². The maximum absolute atomic E-state index is 11.6. The Morgan fingerprint density at radius 2 is 1.52 bits per heavy atom. The van der Waals surface area contributed by atoms with E-state index in [0.717, 1.165) is 4.13 Å². The minimum absolute atomic E-state index is 0.270. The van der Waals surface area contributed by atoms with Crippen LogP contribution in [0.5, 0.6) is 0 Å². The van der Waals surface area contributed by atoms with Crippen molar-refractivity contribution >= 4 is 26.0 Å². The molecule has 1 rings (SSSR count). The van der Waals surface area contributed by atoms with Crippen molar-refractivity contribution in [2.24, 2.45) is 20.0 Å². The zero-order valence-corrected chi connectivity index (χ0v) is 16.9. The van der Waals surface area contributed by atoms with Gasteiger partial charge >= 0.3 is 22.8 Å². The molecule has 0 N–H and O–H groups in total. The molecule has 0 atom stereocenters. The number of sulfonamides is 2. The number of aryl methyl sites for hydroxylation is 2. The fourth-order valence-corrected chi connectivity index (χ4v) is 3.11. The van der Waals surface area contributed by atoms with Crippen LogP contribution >= 0.6 is 0 Å². The number of nitrogens with zero attached hydrogens (tertiary/aromatic N) is 3. The lowest BCUT2D eigenvalue weighted by atomic mass is 10.2. The van der Waals surface area contributed by atoms with E-state index < -0.39 is 31.1 Å². The van der Waals surface area contributed by atoms with Gasteiger partial charge in [0.2, 0.25) is 0 Å². The van der Waals surface area contributed by atoms with E-state index in [2.05, 4.69) is 0 Å². The number of hydrogen-bond donors (Lipinski definition) is 0. The highest BCUT2D eigenvalue weighted by atomic mass is 32.3. The van der Waals surface area contributed by atoms with Gasteiger partial charge < -0.3 is 8.86 Å². The van der Waals surface area contributed by atoms with Crippen LogP contribution in [-0.2, 0) is 38.9 Å². The van der Waals surface area contributed by atoms with Gasteiger partial charge in [0, 0.05) is 0 Å². The fourth-order valence-electron chi connectivity index (χ4n) is 1.40. The van der Waals surface area contributed by atoms with Crippen LogP contribution in [0.4, 0.5) is 26.3 Å². The first-order chi connectivity index (χ1) is 12.7. The molecular formula is C12H17F6N3O6S2. The Morgan fingerprint density at radius 1 is 1.10 bits per heavy atom. The van der Waals surface area contributed by atoms with Gasteiger partial charge in [0.25, 0.3) is 0 Å². The van der Waals surface area contributed by atoms with Crippen molar-refractivity contribution in [1.29, 1.82) is 0 Å². The van der Waals surface area contributed by atoms with Gasteiger partial charge in [0.05, 0.1) is 20.7 Å². The highest BCUT2D eigenvalue weighted by Crippen LogP contribution is 2.36. The van der Waals surface area contributed by atoms with Gasteiger partial charge in [0.15, 0.2) is 20.0 Å². The van der Waals surface area contributed by atoms with Crippen molar-refractivity contribution in [1.82, 2.24) is 4.57 Å². The number of hydrogen-bond acceptors (Lipinski definition) is 6. The lowest BCUT2D eigenvalue weighted by molar-refractivity contribution is -0.673. The molecule has 170 valence electrons. The van der Waals surface area contributed by atoms with Crippen molar-refractivity contribution in [3.8, 4) is 0 Å². The molecule has 17 heteroatoms. The molecule has 0 spiro atoms. The summed E-state index contributed by atoms with van der Waals surface area (Å²) >= 11 is 0. The normalized spacial score (nSPS) is 13.1. The number of aromatic nitrogens is 2. The van der Waals surface area contributed by atoms with E-state index in [1.54, 1.807) is 9.13 Å². The van der Waals surface area contributed by atoms with Crippen molar-refractivity contribution in [2.45, 2.75) is 24.9 Å². The highest BCUT2D eigenvalue weighted by Gasteiger charge is 2.46. The molecule has 0 unspecified atom stereocenters. The Bertz CT molecular complexity index is 857. The third-order valence-corrected chi connectivity index (χ3v) is 5.43. The molecular weight excluding hydrogens is 460 g/mol. The van der Waals surface area contributed by atoms with Gasteiger partial charge in [-0.2, -0.15) is 26.3 Å². The SMILES string of the molecule is CC(C)COC(=O)c1n(C)cc[n+]1C.O=S(=O)([N-]S(=O)(=O)C(F)(F)F)C(F)(F)F. The molecule has 1 heterocycles. The molecule has 0 aromatic carbocycles. The number of imidazole rings is 1. The first-order valence-corrected chi connectivity index (χ1v) is 10.2. The van der Waals surface area contributed by atoms with E-state index in [9.17, 15) is 48.0 Å². The summed E-state index contributed by atoms with van der Waals surface area (Å²) in [5.41, 5.74) is -12.4. The molecule has 9 nitrogen and oxygen atoms in total. The zero-order valence-electron chi connectivity index (χ0n) is 15.3. The van der Waals surface area contributed by atoms with Crippen LogP contribution < -0.4 is 4.57 Å². The summed E-state index contributed by atoms with van der Waals surface area (Å²) in [7, 11) is -9.79. The summed E-state index contributed by atoms with van der Waals surface area (Å²) in [6.07, 6.45) is 3.65. The Morgan fingerprint density at radius 3 is 1.79 bits per heavy atom. The summed E-state index contributed by atoms with van der Waals surface area (Å²) in [6, 6.07) is 0. The van der Waals surface area contributed by atoms with Crippen LogP contribution in [0, 0.1) is 5.92 Å². The van der Waals surface area contributed by atoms with Gasteiger partial charge in [-0.1, -0.05) is 13.8 Å². The number of alkyl halides is 6. The van der Waals surface area contributed by atoms with E-state index in [1.165, 1.54) is 0 Å². The van der Waals surface area contributed by atoms with E-state index in [-0.39, 0.29) is 5.97 Å². The summed E-state index contributed by atoms with van der Waals surface area (Å²) < 4.78 is 118. The molecule has 1 aromatic heterocycles. The quantitative estimate of drug-likeness (QED) is 0.362. The Balaban J connectivity index is 0.000000541. The molecule has 0 aliphatic carbocycles. The molecule has 0 aliphatic rings. The summed E-state index contributed by atoms with van der Waals surface area (Å²) in [5.74, 6) is 0.656. The third-order valence-electron chi connectivity index (χ3n) is 2.69. The molecule has 0 amide bonds. The molecule has 0 fully saturated rings. The van der Waals surface area contributed by atoms with Crippen LogP contribution in [-0.4, -0.2) is 45.0 Å². The number of esters is 1. The van der Waals surface area contributed by atoms with E-state index in [1.807, 2.05) is 40.3 Å². The predicted octanol–water partition coefficient (Wildman–Crippen LogP) is 1.72. The number of carbonyl (C=O) groups is 1. The number of carbonyl (C=O) groups excluding carboxylic acids is 1. The third kappa shape index (κ3) is 7.81. The maximum atomic E-state index is 11.6. The second kappa shape index (κ2) is 9.29. The zero-order chi connectivity index (χ0) is 23.4. The number of rotatable bonds is 5. The summed E-state index contributed by atoms with van der Waals surface area (Å²) in [5, 5.41) is 0. The average Bonchev–Trinajstić information content (AvgIpc) is 2.81. The largest absolute Gasteiger partial charge is 0.480 e. The minimum atomic E-state index is -6.72. The molecule has 0 saturated carbocycles. The number of halogens is 6. The molecule has 0 bridgehead atoms. The first-order valence-electron chi connectivity index (χ1n) is 7.28. The first kappa shape index (κ1) is 27.1. The van der Waals surface area contributed by atoms with Crippen LogP contribution in [0.2, 0.25) is 0 Å². The van der Waals surface area contributed by atoms with E-state index in [0.29, 0.717) is 18.3 Å². The minimum Gasteiger partial charge on any atom is -0.456 e. The van der Waals surface area contributed by atoms with Crippen LogP contribution in [0.3, 0.4) is 0 Å². The van der Waals surface area contributed by atoms with Gasteiger partial charge in [-0.3, -0.25) is 0 Å². The molecule has 0 aliphatic heterocycles. The standard InChI is InChI=1S/C10H17N2O2.C2F6NO4S2/c1-8(2)7-14-10(13)9-11(3)5-6-12(9)4;3-1(4,5)14(10,11)9-15(12,13)2(6,7)8/h5-6,8H,7H2,1-4H3;/q+1;-1. The molecule has 1 aromatic rings. The topological polar surface area (TPSA) is 117 Å². The summed E-state index contributed by atoms with van der Waals surface area (Å²) in [4.78, 5) is 11.6. The molecule has 0 radical (unpaired) electrons. The highest BCUT2D eigenvalue weighted by molar-refractivity contribution is 8.13. The van der Waals surface area contributed by atoms with Gasteiger partial charge in [-0.05, 0) is 5.92 Å². The average molecular weight is 477 g/mol. The monoisotopic (exact) mass is 477 g/mol. The van der Waals surface area contributed by atoms with Crippen LogP contribution in [0.15, 0.2) is 12.4 Å². The van der Waals surface area contributed by atoms with E-state index >= 15 is 0 Å². The Labute approximate surface area is 162 Å². The van der Waals surface area contributed by atoms with Crippen LogP contribution in [0.1, 0.15) is 24.5 Å².